The predicted octanol–water partition coefficient (Wildman–Crippen LogP) is 4.88. The molecule has 1 N–H and O–H groups in total. The van der Waals surface area contributed by atoms with Gasteiger partial charge in [0.1, 0.15) is 0 Å². The summed E-state index contributed by atoms with van der Waals surface area (Å²) in [5.74, 6) is -0.235. The molecule has 112 valence electrons. The predicted molar refractivity (Wildman–Crippen MR) is 80.8 cm³/mol. The minimum atomic E-state index is -0.235. The lowest BCUT2D eigenvalue weighted by Gasteiger charge is -2.05. The molecule has 3 nitrogen and oxygen atoms in total. The molecule has 0 spiro atoms. The first-order chi connectivity index (χ1) is 9.20. The molecule has 0 aliphatic rings. The standard InChI is InChI=1S/C16H31NO2/c1-3-5-6-7-8-9-10-11-13-19-16(18)14-15(17)12-4-2/h17H,3-14H2,1-2H3. The number of esters is 1. The van der Waals surface area contributed by atoms with Crippen molar-refractivity contribution in [2.45, 2.75) is 84.5 Å². The van der Waals surface area contributed by atoms with Crippen LogP contribution in [0.25, 0.3) is 0 Å². The summed E-state index contributed by atoms with van der Waals surface area (Å²) < 4.78 is 5.12. The highest BCUT2D eigenvalue weighted by Crippen LogP contribution is 2.08. The van der Waals surface area contributed by atoms with Gasteiger partial charge in [-0.2, -0.15) is 0 Å². The maximum atomic E-state index is 11.4. The molecule has 3 heteroatoms. The van der Waals surface area contributed by atoms with Crippen LogP contribution in [0.3, 0.4) is 0 Å². The van der Waals surface area contributed by atoms with Crippen LogP contribution >= 0.6 is 0 Å². The van der Waals surface area contributed by atoms with Crippen molar-refractivity contribution in [2.24, 2.45) is 0 Å². The van der Waals surface area contributed by atoms with Gasteiger partial charge in [0.25, 0.3) is 0 Å². The normalized spacial score (nSPS) is 10.4. The Balaban J connectivity index is 3.25. The van der Waals surface area contributed by atoms with E-state index in [0.717, 1.165) is 19.3 Å². The van der Waals surface area contributed by atoms with Crippen molar-refractivity contribution in [1.82, 2.24) is 0 Å². The number of hydrogen-bond acceptors (Lipinski definition) is 3. The van der Waals surface area contributed by atoms with Gasteiger partial charge in [0, 0.05) is 5.71 Å². The zero-order valence-electron chi connectivity index (χ0n) is 12.8. The number of unbranched alkanes of at least 4 members (excludes halogenated alkanes) is 7. The van der Waals surface area contributed by atoms with Crippen LogP contribution in [-0.4, -0.2) is 18.3 Å². The lowest BCUT2D eigenvalue weighted by Crippen LogP contribution is -2.11. The number of rotatable bonds is 13. The zero-order valence-corrected chi connectivity index (χ0v) is 12.8. The Hall–Kier alpha value is -0.860. The summed E-state index contributed by atoms with van der Waals surface area (Å²) >= 11 is 0. The molecule has 0 saturated carbocycles. The van der Waals surface area contributed by atoms with Gasteiger partial charge in [-0.15, -0.1) is 0 Å². The quantitative estimate of drug-likeness (QED) is 0.294. The molecule has 0 aromatic rings. The molecule has 0 amide bonds. The van der Waals surface area contributed by atoms with E-state index in [2.05, 4.69) is 6.92 Å². The molecule has 0 rings (SSSR count). The van der Waals surface area contributed by atoms with Crippen LogP contribution in [0.2, 0.25) is 0 Å². The molecule has 0 saturated heterocycles. The fourth-order valence-corrected chi connectivity index (χ4v) is 2.04. The second-order valence-corrected chi connectivity index (χ2v) is 5.23. The van der Waals surface area contributed by atoms with Crippen molar-refractivity contribution in [2.75, 3.05) is 6.61 Å². The molecule has 0 heterocycles. The summed E-state index contributed by atoms with van der Waals surface area (Å²) in [6.07, 6.45) is 11.8. The summed E-state index contributed by atoms with van der Waals surface area (Å²) in [5.41, 5.74) is 0.489. The first kappa shape index (κ1) is 18.1. The van der Waals surface area contributed by atoms with Crippen molar-refractivity contribution in [1.29, 1.82) is 5.41 Å². The Kier molecular flexibility index (Phi) is 13.0. The lowest BCUT2D eigenvalue weighted by molar-refractivity contribution is -0.142. The number of carbonyl (C=O) groups is 1. The molecule has 0 aliphatic carbocycles. The minimum Gasteiger partial charge on any atom is -0.465 e. The summed E-state index contributed by atoms with van der Waals surface area (Å²) in [6.45, 7) is 4.77. The van der Waals surface area contributed by atoms with E-state index in [4.69, 9.17) is 10.1 Å². The van der Waals surface area contributed by atoms with Gasteiger partial charge in [0.2, 0.25) is 0 Å². The molecule has 19 heavy (non-hydrogen) atoms. The Labute approximate surface area is 118 Å². The largest absolute Gasteiger partial charge is 0.465 e. The minimum absolute atomic E-state index is 0.171. The van der Waals surface area contributed by atoms with Gasteiger partial charge >= 0.3 is 5.97 Å². The van der Waals surface area contributed by atoms with E-state index in [0.29, 0.717) is 18.7 Å². The van der Waals surface area contributed by atoms with E-state index in [-0.39, 0.29) is 12.4 Å². The average molecular weight is 269 g/mol. The zero-order chi connectivity index (χ0) is 14.3. The molecule has 0 fully saturated rings. The van der Waals surface area contributed by atoms with E-state index in [1.807, 2.05) is 6.92 Å². The van der Waals surface area contributed by atoms with Gasteiger partial charge < -0.3 is 10.1 Å². The van der Waals surface area contributed by atoms with Crippen LogP contribution in [0.5, 0.6) is 0 Å². The SMILES string of the molecule is CCCCCCCCCCOC(=O)CC(=N)CCC. The van der Waals surface area contributed by atoms with Crippen LogP contribution in [0.1, 0.15) is 84.5 Å². The fraction of sp³-hybridized carbons (Fsp3) is 0.875. The first-order valence-electron chi connectivity index (χ1n) is 7.92. The Morgan fingerprint density at radius 3 is 2.05 bits per heavy atom. The van der Waals surface area contributed by atoms with Crippen molar-refractivity contribution < 1.29 is 9.53 Å². The van der Waals surface area contributed by atoms with Gasteiger partial charge in [0.05, 0.1) is 13.0 Å². The van der Waals surface area contributed by atoms with E-state index >= 15 is 0 Å². The molecule has 0 aliphatic heterocycles. The van der Waals surface area contributed by atoms with Crippen molar-refractivity contribution in [3.8, 4) is 0 Å². The van der Waals surface area contributed by atoms with Crippen molar-refractivity contribution in [3.63, 3.8) is 0 Å². The number of nitrogens with one attached hydrogen (secondary N) is 1. The highest BCUT2D eigenvalue weighted by atomic mass is 16.5. The lowest BCUT2D eigenvalue weighted by atomic mass is 10.1. The van der Waals surface area contributed by atoms with Crippen LogP contribution in [0, 0.1) is 5.41 Å². The second-order valence-electron chi connectivity index (χ2n) is 5.23. The summed E-state index contributed by atoms with van der Waals surface area (Å²) in [4.78, 5) is 11.4. The monoisotopic (exact) mass is 269 g/mol. The van der Waals surface area contributed by atoms with E-state index in [9.17, 15) is 4.79 Å². The maximum absolute atomic E-state index is 11.4. The fourth-order valence-electron chi connectivity index (χ4n) is 2.04. The molecule has 0 aromatic heterocycles. The van der Waals surface area contributed by atoms with Crippen molar-refractivity contribution >= 4 is 11.7 Å². The Morgan fingerprint density at radius 1 is 0.895 bits per heavy atom. The molecular weight excluding hydrogens is 238 g/mol. The average Bonchev–Trinajstić information content (AvgIpc) is 2.37. The van der Waals surface area contributed by atoms with Crippen LogP contribution in [-0.2, 0) is 9.53 Å². The number of ether oxygens (including phenoxy) is 1. The Morgan fingerprint density at radius 2 is 1.47 bits per heavy atom. The van der Waals surface area contributed by atoms with Crippen LogP contribution in [0.15, 0.2) is 0 Å². The van der Waals surface area contributed by atoms with Gasteiger partial charge in [0.15, 0.2) is 0 Å². The summed E-state index contributed by atoms with van der Waals surface area (Å²) in [6, 6.07) is 0. The third kappa shape index (κ3) is 13.4. The third-order valence-corrected chi connectivity index (χ3v) is 3.17. The first-order valence-corrected chi connectivity index (χ1v) is 7.92. The topological polar surface area (TPSA) is 50.2 Å². The molecule has 0 bridgehead atoms. The third-order valence-electron chi connectivity index (χ3n) is 3.17. The highest BCUT2D eigenvalue weighted by molar-refractivity contribution is 5.97. The summed E-state index contributed by atoms with van der Waals surface area (Å²) in [5, 5.41) is 7.54. The van der Waals surface area contributed by atoms with E-state index in [1.54, 1.807) is 0 Å². The molecule has 0 unspecified atom stereocenters. The second kappa shape index (κ2) is 13.6. The van der Waals surface area contributed by atoms with Crippen LogP contribution < -0.4 is 0 Å². The maximum Gasteiger partial charge on any atom is 0.311 e. The van der Waals surface area contributed by atoms with Crippen LogP contribution in [0.4, 0.5) is 0 Å². The van der Waals surface area contributed by atoms with Gasteiger partial charge in [-0.3, -0.25) is 4.79 Å². The number of hydrogen-bond donors (Lipinski definition) is 1. The van der Waals surface area contributed by atoms with Gasteiger partial charge in [-0.25, -0.2) is 0 Å². The molecule has 0 aromatic carbocycles. The van der Waals surface area contributed by atoms with Gasteiger partial charge in [-0.1, -0.05) is 65.2 Å². The smallest absolute Gasteiger partial charge is 0.311 e. The molecule has 0 radical (unpaired) electrons. The number of carbonyl (C=O) groups excluding carboxylic acids is 1. The van der Waals surface area contributed by atoms with E-state index in [1.165, 1.54) is 38.5 Å². The van der Waals surface area contributed by atoms with Crippen molar-refractivity contribution in [3.05, 3.63) is 0 Å². The summed E-state index contributed by atoms with van der Waals surface area (Å²) in [7, 11) is 0. The molecular formula is C16H31NO2. The van der Waals surface area contributed by atoms with Gasteiger partial charge in [-0.05, 0) is 12.8 Å². The Bertz CT molecular complexity index is 239. The highest BCUT2D eigenvalue weighted by Gasteiger charge is 2.06. The molecule has 0 atom stereocenters. The van der Waals surface area contributed by atoms with E-state index < -0.39 is 0 Å².